The number of para-hydroxylation sites is 1. The number of fused-ring (bicyclic) bond motifs is 1. The predicted octanol–water partition coefficient (Wildman–Crippen LogP) is 4.01. The summed E-state index contributed by atoms with van der Waals surface area (Å²) < 4.78 is 0. The van der Waals surface area contributed by atoms with Crippen LogP contribution >= 0.6 is 0 Å². The molecule has 0 aliphatic carbocycles. The molecular formula is C15H20N2. The van der Waals surface area contributed by atoms with Gasteiger partial charge >= 0.3 is 0 Å². The van der Waals surface area contributed by atoms with Crippen LogP contribution in [0.2, 0.25) is 0 Å². The van der Waals surface area contributed by atoms with Crippen LogP contribution in [-0.4, -0.2) is 11.5 Å². The average Bonchev–Trinajstić information content (AvgIpc) is 2.36. The van der Waals surface area contributed by atoms with Crippen molar-refractivity contribution < 1.29 is 0 Å². The molecule has 90 valence electrons. The summed E-state index contributed by atoms with van der Waals surface area (Å²) in [5.74, 6) is 1.06. The molecule has 1 heterocycles. The molecular weight excluding hydrogens is 208 g/mol. The van der Waals surface area contributed by atoms with E-state index in [1.165, 1.54) is 10.9 Å². The summed E-state index contributed by atoms with van der Waals surface area (Å²) >= 11 is 0. The minimum atomic E-state index is 0.988. The predicted molar refractivity (Wildman–Crippen MR) is 74.5 cm³/mol. The van der Waals surface area contributed by atoms with Crippen molar-refractivity contribution in [3.63, 3.8) is 0 Å². The van der Waals surface area contributed by atoms with Gasteiger partial charge in [0.15, 0.2) is 0 Å². The van der Waals surface area contributed by atoms with Gasteiger partial charge in [-0.25, -0.2) is 4.98 Å². The third-order valence-electron chi connectivity index (χ3n) is 2.86. The Balaban J connectivity index is 2.42. The molecule has 1 aromatic carbocycles. The van der Waals surface area contributed by atoms with Crippen LogP contribution in [0, 0.1) is 0 Å². The summed E-state index contributed by atoms with van der Waals surface area (Å²) in [6, 6.07) is 10.6. The van der Waals surface area contributed by atoms with E-state index in [2.05, 4.69) is 43.4 Å². The molecule has 0 saturated heterocycles. The zero-order chi connectivity index (χ0) is 12.1. The number of aromatic nitrogens is 1. The number of rotatable bonds is 5. The normalized spacial score (nSPS) is 10.7. The van der Waals surface area contributed by atoms with Gasteiger partial charge in [0.2, 0.25) is 0 Å². The van der Waals surface area contributed by atoms with Crippen LogP contribution in [0.15, 0.2) is 30.3 Å². The minimum absolute atomic E-state index is 0.988. The summed E-state index contributed by atoms with van der Waals surface area (Å²) in [7, 11) is 0. The lowest BCUT2D eigenvalue weighted by atomic mass is 10.1. The van der Waals surface area contributed by atoms with Crippen molar-refractivity contribution in [3.05, 3.63) is 35.9 Å². The van der Waals surface area contributed by atoms with Crippen LogP contribution < -0.4 is 5.32 Å². The van der Waals surface area contributed by atoms with Gasteiger partial charge in [-0.1, -0.05) is 38.5 Å². The van der Waals surface area contributed by atoms with Gasteiger partial charge in [-0.3, -0.25) is 0 Å². The highest BCUT2D eigenvalue weighted by Gasteiger charge is 2.05. The number of nitrogens with one attached hydrogen (secondary N) is 1. The largest absolute Gasteiger partial charge is 0.370 e. The zero-order valence-corrected chi connectivity index (χ0v) is 10.7. The molecule has 2 rings (SSSR count). The van der Waals surface area contributed by atoms with Crippen molar-refractivity contribution in [1.29, 1.82) is 0 Å². The van der Waals surface area contributed by atoms with Crippen molar-refractivity contribution >= 4 is 16.7 Å². The molecule has 0 atom stereocenters. The minimum Gasteiger partial charge on any atom is -0.370 e. The van der Waals surface area contributed by atoms with Gasteiger partial charge in [-0.05, 0) is 30.5 Å². The van der Waals surface area contributed by atoms with Crippen LogP contribution in [0.4, 0.5) is 5.82 Å². The first-order valence-electron chi connectivity index (χ1n) is 6.47. The maximum atomic E-state index is 4.72. The van der Waals surface area contributed by atoms with Crippen LogP contribution in [0.1, 0.15) is 32.3 Å². The first-order valence-corrected chi connectivity index (χ1v) is 6.47. The first kappa shape index (κ1) is 11.9. The van der Waals surface area contributed by atoms with E-state index in [4.69, 9.17) is 4.98 Å². The molecule has 0 amide bonds. The third kappa shape index (κ3) is 2.76. The van der Waals surface area contributed by atoms with Crippen molar-refractivity contribution in [2.45, 2.75) is 33.1 Å². The lowest BCUT2D eigenvalue weighted by Crippen LogP contribution is -2.05. The summed E-state index contributed by atoms with van der Waals surface area (Å²) in [5, 5.41) is 4.66. The molecule has 0 aliphatic rings. The second-order valence-electron chi connectivity index (χ2n) is 4.37. The third-order valence-corrected chi connectivity index (χ3v) is 2.86. The molecule has 2 heteroatoms. The maximum absolute atomic E-state index is 4.72. The average molecular weight is 228 g/mol. The Morgan fingerprint density at radius 2 is 1.94 bits per heavy atom. The van der Waals surface area contributed by atoms with Gasteiger partial charge < -0.3 is 5.32 Å². The highest BCUT2D eigenvalue weighted by atomic mass is 15.0. The van der Waals surface area contributed by atoms with Gasteiger partial charge in [-0.15, -0.1) is 0 Å². The molecule has 17 heavy (non-hydrogen) atoms. The standard InChI is InChI=1S/C15H20N2/c1-3-7-13-11-12-8-5-6-9-14(12)17-15(13)16-10-4-2/h5-6,8-9,11H,3-4,7,10H2,1-2H3,(H,16,17). The summed E-state index contributed by atoms with van der Waals surface area (Å²) in [4.78, 5) is 4.72. The van der Waals surface area contributed by atoms with E-state index in [0.717, 1.165) is 37.1 Å². The van der Waals surface area contributed by atoms with Gasteiger partial charge in [-0.2, -0.15) is 0 Å². The Morgan fingerprint density at radius 3 is 2.71 bits per heavy atom. The number of anilines is 1. The van der Waals surface area contributed by atoms with E-state index in [1.807, 2.05) is 6.07 Å². The fraction of sp³-hybridized carbons (Fsp3) is 0.400. The van der Waals surface area contributed by atoms with E-state index < -0.39 is 0 Å². The molecule has 2 nitrogen and oxygen atoms in total. The van der Waals surface area contributed by atoms with Crippen LogP contribution in [0.5, 0.6) is 0 Å². The molecule has 0 bridgehead atoms. The Kier molecular flexibility index (Phi) is 3.97. The van der Waals surface area contributed by atoms with Crippen LogP contribution in [-0.2, 0) is 6.42 Å². The smallest absolute Gasteiger partial charge is 0.129 e. The number of hydrogen-bond acceptors (Lipinski definition) is 2. The van der Waals surface area contributed by atoms with Crippen LogP contribution in [0.3, 0.4) is 0 Å². The Bertz CT molecular complexity index is 491. The van der Waals surface area contributed by atoms with Gasteiger partial charge in [0.1, 0.15) is 5.82 Å². The highest BCUT2D eigenvalue weighted by Crippen LogP contribution is 2.21. The fourth-order valence-corrected chi connectivity index (χ4v) is 2.02. The summed E-state index contributed by atoms with van der Waals surface area (Å²) in [6.45, 7) is 5.37. The number of nitrogens with zero attached hydrogens (tertiary/aromatic N) is 1. The molecule has 1 aromatic heterocycles. The maximum Gasteiger partial charge on any atom is 0.129 e. The van der Waals surface area contributed by atoms with Crippen LogP contribution in [0.25, 0.3) is 10.9 Å². The fourth-order valence-electron chi connectivity index (χ4n) is 2.02. The van der Waals surface area contributed by atoms with Crippen molar-refractivity contribution in [3.8, 4) is 0 Å². The van der Waals surface area contributed by atoms with Crippen molar-refractivity contribution in [1.82, 2.24) is 4.98 Å². The van der Waals surface area contributed by atoms with E-state index in [9.17, 15) is 0 Å². The molecule has 0 radical (unpaired) electrons. The number of aryl methyl sites for hydroxylation is 1. The van der Waals surface area contributed by atoms with Crippen molar-refractivity contribution in [2.24, 2.45) is 0 Å². The summed E-state index contributed by atoms with van der Waals surface area (Å²) in [6.07, 6.45) is 3.37. The highest BCUT2D eigenvalue weighted by molar-refractivity contribution is 5.81. The molecule has 0 saturated carbocycles. The second-order valence-corrected chi connectivity index (χ2v) is 4.37. The Labute approximate surface area is 103 Å². The molecule has 0 fully saturated rings. The lowest BCUT2D eigenvalue weighted by molar-refractivity contribution is 0.906. The van der Waals surface area contributed by atoms with E-state index in [1.54, 1.807) is 0 Å². The second kappa shape index (κ2) is 5.67. The SMILES string of the molecule is CCCNc1nc2ccccc2cc1CCC. The number of benzene rings is 1. The number of hydrogen-bond donors (Lipinski definition) is 1. The van der Waals surface area contributed by atoms with Gasteiger partial charge in [0, 0.05) is 11.9 Å². The van der Waals surface area contributed by atoms with E-state index in [-0.39, 0.29) is 0 Å². The van der Waals surface area contributed by atoms with Gasteiger partial charge in [0.25, 0.3) is 0 Å². The monoisotopic (exact) mass is 228 g/mol. The first-order chi connectivity index (χ1) is 8.35. The quantitative estimate of drug-likeness (QED) is 0.836. The molecule has 0 spiro atoms. The van der Waals surface area contributed by atoms with Gasteiger partial charge in [0.05, 0.1) is 5.52 Å². The molecule has 2 aromatic rings. The van der Waals surface area contributed by atoms with E-state index in [0.29, 0.717) is 0 Å². The van der Waals surface area contributed by atoms with Crippen molar-refractivity contribution in [2.75, 3.05) is 11.9 Å². The van der Waals surface area contributed by atoms with E-state index >= 15 is 0 Å². The molecule has 0 unspecified atom stereocenters. The molecule has 0 aliphatic heterocycles. The Morgan fingerprint density at radius 1 is 1.12 bits per heavy atom. The lowest BCUT2D eigenvalue weighted by Gasteiger charge is -2.11. The molecule has 1 N–H and O–H groups in total. The topological polar surface area (TPSA) is 24.9 Å². The zero-order valence-electron chi connectivity index (χ0n) is 10.7. The summed E-state index contributed by atoms with van der Waals surface area (Å²) in [5.41, 5.74) is 2.41. The number of pyridine rings is 1. The Hall–Kier alpha value is -1.57.